The summed E-state index contributed by atoms with van der Waals surface area (Å²) in [6.07, 6.45) is 0. The number of anilines is 2. The van der Waals surface area contributed by atoms with E-state index in [-0.39, 0.29) is 22.9 Å². The number of aryl methyl sites for hydroxylation is 2. The Bertz CT molecular complexity index is 741. The first-order valence-corrected chi connectivity index (χ1v) is 5.79. The van der Waals surface area contributed by atoms with Crippen molar-refractivity contribution >= 4 is 23.2 Å². The number of hydrogen-bond donors (Lipinski definition) is 2. The predicted molar refractivity (Wildman–Crippen MR) is 71.2 cm³/mol. The number of nitrogens with zero attached hydrogens (tertiary/aromatic N) is 3. The van der Waals surface area contributed by atoms with Crippen molar-refractivity contribution in [3.8, 4) is 0 Å². The second kappa shape index (κ2) is 5.19. The fourth-order valence-corrected chi connectivity index (χ4v) is 1.91. The van der Waals surface area contributed by atoms with Crippen molar-refractivity contribution in [3.63, 3.8) is 0 Å². The van der Waals surface area contributed by atoms with Crippen LogP contribution in [-0.2, 0) is 7.05 Å². The second-order valence-electron chi connectivity index (χ2n) is 4.29. The average Bonchev–Trinajstić information content (AvgIpc) is 2.63. The Hall–Kier alpha value is -2.97. The molecule has 0 aliphatic carbocycles. The minimum atomic E-state index is -1.39. The summed E-state index contributed by atoms with van der Waals surface area (Å²) in [4.78, 5) is 21.2. The molecule has 0 aliphatic heterocycles. The van der Waals surface area contributed by atoms with Gasteiger partial charge in [-0.25, -0.2) is 13.9 Å². The largest absolute Gasteiger partial charge is 0.478 e. The highest BCUT2D eigenvalue weighted by molar-refractivity contribution is 5.88. The van der Waals surface area contributed by atoms with Crippen molar-refractivity contribution in [1.29, 1.82) is 0 Å². The van der Waals surface area contributed by atoms with Crippen LogP contribution in [0.1, 0.15) is 16.1 Å². The lowest BCUT2D eigenvalue weighted by Gasteiger charge is -2.07. The topological polar surface area (TPSA) is 110 Å². The van der Waals surface area contributed by atoms with Crippen LogP contribution in [0.25, 0.3) is 0 Å². The van der Waals surface area contributed by atoms with E-state index in [0.29, 0.717) is 0 Å². The summed E-state index contributed by atoms with van der Waals surface area (Å²) >= 11 is 0. The fraction of sp³-hybridized carbons (Fsp3) is 0.167. The van der Waals surface area contributed by atoms with E-state index in [1.807, 2.05) is 0 Å². The minimum absolute atomic E-state index is 0.0833. The molecule has 2 aromatic rings. The van der Waals surface area contributed by atoms with Crippen LogP contribution in [0.15, 0.2) is 18.2 Å². The number of aromatic nitrogens is 2. The number of halogens is 1. The summed E-state index contributed by atoms with van der Waals surface area (Å²) in [5.41, 5.74) is -0.298. The molecular weight excluding hydrogens is 283 g/mol. The lowest BCUT2D eigenvalue weighted by atomic mass is 10.2. The molecule has 110 valence electrons. The molecule has 0 unspecified atom stereocenters. The molecular formula is C12H11FN4O4. The van der Waals surface area contributed by atoms with Crippen LogP contribution >= 0.6 is 0 Å². The molecule has 1 heterocycles. The highest BCUT2D eigenvalue weighted by atomic mass is 19.1. The van der Waals surface area contributed by atoms with Gasteiger partial charge in [-0.3, -0.25) is 10.1 Å². The summed E-state index contributed by atoms with van der Waals surface area (Å²) < 4.78 is 14.9. The summed E-state index contributed by atoms with van der Waals surface area (Å²) in [6.45, 7) is 1.48. The molecule has 0 bridgehead atoms. The number of nitrogens with one attached hydrogen (secondary N) is 1. The summed E-state index contributed by atoms with van der Waals surface area (Å²) in [6, 6.07) is 3.35. The highest BCUT2D eigenvalue weighted by Crippen LogP contribution is 2.30. The van der Waals surface area contributed by atoms with Crippen molar-refractivity contribution in [2.24, 2.45) is 7.05 Å². The molecule has 9 heteroatoms. The van der Waals surface area contributed by atoms with Crippen molar-refractivity contribution in [2.45, 2.75) is 6.92 Å². The minimum Gasteiger partial charge on any atom is -0.478 e. The van der Waals surface area contributed by atoms with Gasteiger partial charge < -0.3 is 10.4 Å². The number of carboxylic acid groups (broad SMARTS) is 1. The van der Waals surface area contributed by atoms with Gasteiger partial charge in [0.15, 0.2) is 0 Å². The lowest BCUT2D eigenvalue weighted by molar-refractivity contribution is -0.384. The Morgan fingerprint density at radius 2 is 2.19 bits per heavy atom. The van der Waals surface area contributed by atoms with Crippen LogP contribution in [0.4, 0.5) is 21.6 Å². The molecule has 2 N–H and O–H groups in total. The van der Waals surface area contributed by atoms with Gasteiger partial charge in [0.2, 0.25) is 5.82 Å². The van der Waals surface area contributed by atoms with Crippen molar-refractivity contribution in [3.05, 3.63) is 45.4 Å². The standard InChI is InChI=1S/C12H11FN4O4/c1-6-10(17(20)21)11(16(2)15-6)14-7-3-4-8(12(18)19)9(13)5-7/h3-5,14H,1-2H3,(H,18,19). The molecule has 0 radical (unpaired) electrons. The van der Waals surface area contributed by atoms with Crippen LogP contribution in [0, 0.1) is 22.9 Å². The molecule has 0 spiro atoms. The van der Waals surface area contributed by atoms with E-state index in [4.69, 9.17) is 5.11 Å². The zero-order valence-electron chi connectivity index (χ0n) is 11.1. The Balaban J connectivity index is 2.41. The maximum Gasteiger partial charge on any atom is 0.338 e. The molecule has 0 fully saturated rings. The van der Waals surface area contributed by atoms with Gasteiger partial charge in [0.05, 0.1) is 10.5 Å². The molecule has 21 heavy (non-hydrogen) atoms. The Kier molecular flexibility index (Phi) is 3.57. The van der Waals surface area contributed by atoms with Gasteiger partial charge in [-0.15, -0.1) is 0 Å². The lowest BCUT2D eigenvalue weighted by Crippen LogP contribution is -2.04. The smallest absolute Gasteiger partial charge is 0.338 e. The Morgan fingerprint density at radius 1 is 1.52 bits per heavy atom. The molecule has 0 saturated carbocycles. The number of rotatable bonds is 4. The van der Waals surface area contributed by atoms with Gasteiger partial charge in [-0.1, -0.05) is 0 Å². The third-order valence-electron chi connectivity index (χ3n) is 2.84. The van der Waals surface area contributed by atoms with Crippen molar-refractivity contribution in [1.82, 2.24) is 9.78 Å². The summed E-state index contributed by atoms with van der Waals surface area (Å²) in [5.74, 6) is -2.24. The first-order valence-electron chi connectivity index (χ1n) is 5.79. The Labute approximate surface area is 118 Å². The molecule has 1 aromatic heterocycles. The van der Waals surface area contributed by atoms with E-state index in [9.17, 15) is 19.3 Å². The van der Waals surface area contributed by atoms with E-state index in [2.05, 4.69) is 10.4 Å². The highest BCUT2D eigenvalue weighted by Gasteiger charge is 2.24. The fourth-order valence-electron chi connectivity index (χ4n) is 1.91. The molecule has 0 saturated heterocycles. The molecule has 0 atom stereocenters. The van der Waals surface area contributed by atoms with E-state index >= 15 is 0 Å². The van der Waals surface area contributed by atoms with Crippen molar-refractivity contribution in [2.75, 3.05) is 5.32 Å². The molecule has 0 amide bonds. The number of aromatic carboxylic acids is 1. The third kappa shape index (κ3) is 2.66. The van der Waals surface area contributed by atoms with Crippen LogP contribution in [0.3, 0.4) is 0 Å². The van der Waals surface area contributed by atoms with Gasteiger partial charge in [-0.2, -0.15) is 5.10 Å². The number of benzene rings is 1. The molecule has 1 aromatic carbocycles. The monoisotopic (exact) mass is 294 g/mol. The zero-order valence-corrected chi connectivity index (χ0v) is 11.1. The van der Waals surface area contributed by atoms with Crippen LogP contribution in [-0.4, -0.2) is 25.8 Å². The number of hydrogen-bond acceptors (Lipinski definition) is 5. The summed E-state index contributed by atoms with van der Waals surface area (Å²) in [7, 11) is 1.50. The van der Waals surface area contributed by atoms with E-state index in [1.165, 1.54) is 24.7 Å². The van der Waals surface area contributed by atoms with Gasteiger partial charge in [-0.05, 0) is 25.1 Å². The van der Waals surface area contributed by atoms with E-state index in [1.54, 1.807) is 0 Å². The first-order chi connectivity index (χ1) is 9.81. The molecule has 2 rings (SSSR count). The van der Waals surface area contributed by atoms with Crippen LogP contribution < -0.4 is 5.32 Å². The Morgan fingerprint density at radius 3 is 2.71 bits per heavy atom. The van der Waals surface area contributed by atoms with Crippen molar-refractivity contribution < 1.29 is 19.2 Å². The normalized spacial score (nSPS) is 10.4. The number of nitro groups is 1. The van der Waals surface area contributed by atoms with Crippen LogP contribution in [0.5, 0.6) is 0 Å². The van der Waals surface area contributed by atoms with Gasteiger partial charge in [0, 0.05) is 12.7 Å². The molecule has 8 nitrogen and oxygen atoms in total. The maximum atomic E-state index is 13.6. The molecule has 0 aliphatic rings. The van der Waals surface area contributed by atoms with E-state index < -0.39 is 22.3 Å². The number of carbonyl (C=O) groups is 1. The second-order valence-corrected chi connectivity index (χ2v) is 4.29. The van der Waals surface area contributed by atoms with Crippen LogP contribution in [0.2, 0.25) is 0 Å². The first kappa shape index (κ1) is 14.4. The summed E-state index contributed by atoms with van der Waals surface area (Å²) in [5, 5.41) is 26.4. The van der Waals surface area contributed by atoms with E-state index in [0.717, 1.165) is 12.1 Å². The maximum absolute atomic E-state index is 13.6. The predicted octanol–water partition coefficient (Wildman–Crippen LogP) is 2.22. The zero-order chi connectivity index (χ0) is 15.7. The van der Waals surface area contributed by atoms with Gasteiger partial charge in [0.25, 0.3) is 0 Å². The van der Waals surface area contributed by atoms with Gasteiger partial charge >= 0.3 is 11.7 Å². The third-order valence-corrected chi connectivity index (χ3v) is 2.84. The quantitative estimate of drug-likeness (QED) is 0.660. The number of carboxylic acids is 1. The van der Waals surface area contributed by atoms with Gasteiger partial charge in [0.1, 0.15) is 11.5 Å². The SMILES string of the molecule is Cc1nn(C)c(Nc2ccc(C(=O)O)c(F)c2)c1[N+](=O)[O-]. The average molecular weight is 294 g/mol.